The first-order chi connectivity index (χ1) is 12.6. The quantitative estimate of drug-likeness (QED) is 0.874. The van der Waals surface area contributed by atoms with E-state index in [9.17, 15) is 4.79 Å². The van der Waals surface area contributed by atoms with E-state index in [2.05, 4.69) is 46.4 Å². The summed E-state index contributed by atoms with van der Waals surface area (Å²) in [4.78, 5) is 20.9. The molecule has 1 saturated heterocycles. The van der Waals surface area contributed by atoms with Crippen molar-refractivity contribution in [1.29, 1.82) is 0 Å². The zero-order chi connectivity index (χ0) is 18.1. The molecule has 0 unspecified atom stereocenters. The van der Waals surface area contributed by atoms with Crippen molar-refractivity contribution in [3.05, 3.63) is 39.7 Å². The maximum absolute atomic E-state index is 12.6. The number of nitrogens with one attached hydrogen (secondary N) is 1. The van der Waals surface area contributed by atoms with Crippen LogP contribution in [-0.4, -0.2) is 41.0 Å². The van der Waals surface area contributed by atoms with E-state index in [0.29, 0.717) is 12.5 Å². The van der Waals surface area contributed by atoms with Crippen LogP contribution < -0.4 is 5.32 Å². The van der Waals surface area contributed by atoms with E-state index >= 15 is 0 Å². The molecule has 0 bridgehead atoms. The van der Waals surface area contributed by atoms with Crippen molar-refractivity contribution in [3.8, 4) is 11.3 Å². The van der Waals surface area contributed by atoms with Crippen molar-refractivity contribution in [2.24, 2.45) is 0 Å². The number of hydrogen-bond acceptors (Lipinski definition) is 4. The molecule has 1 aromatic carbocycles. The lowest BCUT2D eigenvalue weighted by Crippen LogP contribution is -2.45. The monoisotopic (exact) mass is 369 g/mol. The summed E-state index contributed by atoms with van der Waals surface area (Å²) in [5, 5.41) is 4.27. The van der Waals surface area contributed by atoms with Gasteiger partial charge in [-0.25, -0.2) is 4.98 Å². The largest absolute Gasteiger partial charge is 0.353 e. The number of benzene rings is 1. The number of rotatable bonds is 5. The average Bonchev–Trinajstić information content (AvgIpc) is 3.40. The predicted molar refractivity (Wildman–Crippen MR) is 106 cm³/mol. The van der Waals surface area contributed by atoms with Crippen LogP contribution >= 0.6 is 11.3 Å². The van der Waals surface area contributed by atoms with E-state index in [4.69, 9.17) is 0 Å². The Morgan fingerprint density at radius 3 is 2.50 bits per heavy atom. The lowest BCUT2D eigenvalue weighted by molar-refractivity contribution is -0.121. The van der Waals surface area contributed by atoms with Crippen molar-refractivity contribution in [1.82, 2.24) is 15.2 Å². The van der Waals surface area contributed by atoms with Crippen molar-refractivity contribution < 1.29 is 4.79 Å². The summed E-state index contributed by atoms with van der Waals surface area (Å²) < 4.78 is 0. The van der Waals surface area contributed by atoms with Gasteiger partial charge in [0.1, 0.15) is 0 Å². The van der Waals surface area contributed by atoms with Gasteiger partial charge in [0.05, 0.1) is 17.1 Å². The summed E-state index contributed by atoms with van der Waals surface area (Å²) in [6, 6.07) is 9.55. The summed E-state index contributed by atoms with van der Waals surface area (Å²) in [6.07, 6.45) is 5.31. The average molecular weight is 370 g/mol. The smallest absolute Gasteiger partial charge is 0.225 e. The summed E-state index contributed by atoms with van der Waals surface area (Å²) >= 11 is 1.64. The third-order valence-electron chi connectivity index (χ3n) is 5.41. The van der Waals surface area contributed by atoms with Crippen LogP contribution in [-0.2, 0) is 11.2 Å². The summed E-state index contributed by atoms with van der Waals surface area (Å²) in [6.45, 7) is 6.35. The predicted octanol–water partition coefficient (Wildman–Crippen LogP) is 3.71. The Bertz CT molecular complexity index is 771. The Morgan fingerprint density at radius 1 is 1.15 bits per heavy atom. The van der Waals surface area contributed by atoms with Crippen molar-refractivity contribution in [2.75, 3.05) is 13.1 Å². The number of likely N-dealkylation sites (tertiary alicyclic amines) is 1. The third kappa shape index (κ3) is 4.15. The van der Waals surface area contributed by atoms with Gasteiger partial charge >= 0.3 is 0 Å². The maximum atomic E-state index is 12.6. The number of piperidine rings is 1. The fourth-order valence-electron chi connectivity index (χ4n) is 3.80. The number of hydrogen-bond donors (Lipinski definition) is 1. The molecule has 5 heteroatoms. The number of carbonyl (C=O) groups excluding carboxylic acids is 1. The van der Waals surface area contributed by atoms with E-state index in [0.717, 1.165) is 53.1 Å². The van der Waals surface area contributed by atoms with Gasteiger partial charge in [0, 0.05) is 35.6 Å². The molecule has 1 aromatic heterocycles. The zero-order valence-electron chi connectivity index (χ0n) is 15.6. The lowest BCUT2D eigenvalue weighted by Gasteiger charge is -2.32. The van der Waals surface area contributed by atoms with E-state index in [-0.39, 0.29) is 5.91 Å². The molecule has 1 N–H and O–H groups in total. The first-order valence-electron chi connectivity index (χ1n) is 9.65. The van der Waals surface area contributed by atoms with Crippen LogP contribution in [0.15, 0.2) is 24.3 Å². The SMILES string of the molecule is Cc1ccc(-c2nc(C)sc2CC(=O)NC2CCN(C3CC3)CC2)cc1. The second kappa shape index (κ2) is 7.49. The fraction of sp³-hybridized carbons (Fsp3) is 0.524. The van der Waals surface area contributed by atoms with Gasteiger partial charge in [0.25, 0.3) is 0 Å². The first kappa shape index (κ1) is 17.7. The van der Waals surface area contributed by atoms with Gasteiger partial charge in [0.15, 0.2) is 0 Å². The molecule has 2 heterocycles. The number of carbonyl (C=O) groups is 1. The molecule has 138 valence electrons. The molecule has 26 heavy (non-hydrogen) atoms. The molecule has 0 radical (unpaired) electrons. The van der Waals surface area contributed by atoms with E-state index in [1.165, 1.54) is 18.4 Å². The lowest BCUT2D eigenvalue weighted by atomic mass is 10.0. The highest BCUT2D eigenvalue weighted by Crippen LogP contribution is 2.30. The van der Waals surface area contributed by atoms with Gasteiger partial charge in [-0.15, -0.1) is 11.3 Å². The van der Waals surface area contributed by atoms with Gasteiger partial charge in [-0.1, -0.05) is 29.8 Å². The molecule has 2 fully saturated rings. The zero-order valence-corrected chi connectivity index (χ0v) is 16.4. The van der Waals surface area contributed by atoms with E-state index < -0.39 is 0 Å². The maximum Gasteiger partial charge on any atom is 0.225 e. The molecule has 2 aromatic rings. The molecule has 1 aliphatic carbocycles. The van der Waals surface area contributed by atoms with E-state index in [1.54, 1.807) is 11.3 Å². The molecule has 4 nitrogen and oxygen atoms in total. The summed E-state index contributed by atoms with van der Waals surface area (Å²) in [5.74, 6) is 0.131. The Kier molecular flexibility index (Phi) is 5.09. The highest BCUT2D eigenvalue weighted by atomic mass is 32.1. The molecule has 1 amide bonds. The van der Waals surface area contributed by atoms with Crippen LogP contribution in [0.25, 0.3) is 11.3 Å². The van der Waals surface area contributed by atoms with Crippen LogP contribution in [0, 0.1) is 13.8 Å². The van der Waals surface area contributed by atoms with Crippen molar-refractivity contribution >= 4 is 17.2 Å². The number of aryl methyl sites for hydroxylation is 2. The van der Waals surface area contributed by atoms with Gasteiger partial charge in [0.2, 0.25) is 5.91 Å². The Labute approximate surface area is 159 Å². The molecule has 0 spiro atoms. The number of nitrogens with zero attached hydrogens (tertiary/aromatic N) is 2. The van der Waals surface area contributed by atoms with Gasteiger partial charge < -0.3 is 10.2 Å². The van der Waals surface area contributed by atoms with Crippen LogP contribution in [0.4, 0.5) is 0 Å². The molecule has 4 rings (SSSR count). The minimum atomic E-state index is 0.131. The highest BCUT2D eigenvalue weighted by Gasteiger charge is 2.32. The van der Waals surface area contributed by atoms with Crippen LogP contribution in [0.5, 0.6) is 0 Å². The van der Waals surface area contributed by atoms with Crippen LogP contribution in [0.1, 0.15) is 41.1 Å². The standard InChI is InChI=1S/C21H27N3OS/c1-14-3-5-16(6-4-14)21-19(26-15(2)22-21)13-20(25)23-17-9-11-24(12-10-17)18-7-8-18/h3-6,17-18H,7-13H2,1-2H3,(H,23,25). The van der Waals surface area contributed by atoms with Crippen molar-refractivity contribution in [2.45, 2.75) is 58.0 Å². The van der Waals surface area contributed by atoms with Gasteiger partial charge in [-0.2, -0.15) is 0 Å². The number of amides is 1. The van der Waals surface area contributed by atoms with Crippen LogP contribution in [0.3, 0.4) is 0 Å². The Morgan fingerprint density at radius 2 is 1.85 bits per heavy atom. The summed E-state index contributed by atoms with van der Waals surface area (Å²) in [7, 11) is 0. The topological polar surface area (TPSA) is 45.2 Å². The summed E-state index contributed by atoms with van der Waals surface area (Å²) in [5.41, 5.74) is 3.30. The normalized spacial score (nSPS) is 18.8. The molecular formula is C21H27N3OS. The molecule has 0 atom stereocenters. The van der Waals surface area contributed by atoms with Gasteiger partial charge in [-0.3, -0.25) is 4.79 Å². The molecule has 1 aliphatic heterocycles. The van der Waals surface area contributed by atoms with Crippen molar-refractivity contribution in [3.63, 3.8) is 0 Å². The minimum Gasteiger partial charge on any atom is -0.353 e. The second-order valence-corrected chi connectivity index (χ2v) is 8.94. The second-order valence-electron chi connectivity index (χ2n) is 7.66. The van der Waals surface area contributed by atoms with Gasteiger partial charge in [-0.05, 0) is 39.5 Å². The molecule has 1 saturated carbocycles. The minimum absolute atomic E-state index is 0.131. The Balaban J connectivity index is 1.37. The molecule has 2 aliphatic rings. The fourth-order valence-corrected chi connectivity index (χ4v) is 4.76. The Hall–Kier alpha value is -1.72. The third-order valence-corrected chi connectivity index (χ3v) is 6.38. The first-order valence-corrected chi connectivity index (χ1v) is 10.5. The highest BCUT2D eigenvalue weighted by molar-refractivity contribution is 7.12. The molecular weight excluding hydrogens is 342 g/mol. The van der Waals surface area contributed by atoms with Crippen LogP contribution in [0.2, 0.25) is 0 Å². The number of thiazole rings is 1. The van der Waals surface area contributed by atoms with E-state index in [1.807, 2.05) is 6.92 Å². The number of aromatic nitrogens is 1.